The Morgan fingerprint density at radius 3 is 1.03 bits per heavy atom. The number of halogens is 4. The molecule has 778 valence electrons. The maximum Gasteiger partial charge on any atom is 0.280 e. The number of aliphatic hydroxyl groups excluding tert-OH is 3. The largest absolute Gasteiger partial charge is 0.393 e. The summed E-state index contributed by atoms with van der Waals surface area (Å²) in [5, 5.41) is 54.8. The molecule has 8 aromatic heterocycles. The van der Waals surface area contributed by atoms with Crippen LogP contribution in [-0.4, -0.2) is 261 Å². The number of amides is 8. The predicted molar refractivity (Wildman–Crippen MR) is 549 cm³/mol. The first-order valence-electron chi connectivity index (χ1n) is 50.2. The molecule has 0 unspecified atom stereocenters. The number of carbonyl (C=O) groups excluding carboxylic acids is 8. The number of nitrogens with one attached hydrogen (secondary N) is 8. The Labute approximate surface area is 853 Å². The molecule has 5 atom stereocenters. The van der Waals surface area contributed by atoms with Crippen LogP contribution in [0.25, 0.3) is 41.8 Å². The van der Waals surface area contributed by atoms with Crippen LogP contribution in [-0.2, 0) is 9.84 Å². The Balaban J connectivity index is 0.000000138. The molecule has 6 bridgehead atoms. The number of aromatic nitrogens is 8. The van der Waals surface area contributed by atoms with Crippen molar-refractivity contribution in [1.82, 2.24) is 80.7 Å². The number of sulfone groups is 1. The molecule has 11 fully saturated rings. The fraction of sp³-hybridized carbons (Fsp3) is 0.608. The Hall–Kier alpha value is -10.4. The molecule has 3 saturated carbocycles. The van der Waals surface area contributed by atoms with Gasteiger partial charge in [0.1, 0.15) is 55.9 Å². The van der Waals surface area contributed by atoms with Crippen molar-refractivity contribution < 1.29 is 79.7 Å². The van der Waals surface area contributed by atoms with E-state index >= 15 is 0 Å². The first kappa shape index (κ1) is 106. The summed E-state index contributed by atoms with van der Waals surface area (Å²) in [5.74, 6) is -3.24. The van der Waals surface area contributed by atoms with E-state index in [1.165, 1.54) is 53.2 Å². The normalized spacial score (nSPS) is 24.5. The Kier molecular flexibility index (Phi) is 31.4. The summed E-state index contributed by atoms with van der Waals surface area (Å²) in [6.45, 7) is 30.8. The van der Waals surface area contributed by atoms with Crippen molar-refractivity contribution in [1.29, 1.82) is 0 Å². The number of pyridine rings is 4. The van der Waals surface area contributed by atoms with Crippen LogP contribution in [0.3, 0.4) is 0 Å². The third-order valence-electron chi connectivity index (χ3n) is 28.3. The summed E-state index contributed by atoms with van der Waals surface area (Å²) < 4.78 is 80.0. The van der Waals surface area contributed by atoms with Crippen LogP contribution in [0, 0.1) is 20.8 Å². The smallest absolute Gasteiger partial charge is 0.280 e. The van der Waals surface area contributed by atoms with Crippen molar-refractivity contribution in [3.05, 3.63) is 114 Å². The number of alkyl halides is 4. The minimum absolute atomic E-state index is 0.0451. The second-order valence-corrected chi connectivity index (χ2v) is 51.0. The van der Waals surface area contributed by atoms with Gasteiger partial charge in [0.2, 0.25) is 0 Å². The van der Waals surface area contributed by atoms with Crippen LogP contribution >= 0.6 is 45.3 Å². The third kappa shape index (κ3) is 24.9. The molecule has 16 heterocycles. The van der Waals surface area contributed by atoms with Gasteiger partial charge in [0.25, 0.3) is 59.6 Å². The van der Waals surface area contributed by atoms with Gasteiger partial charge in [-0.1, -0.05) is 0 Å². The van der Waals surface area contributed by atoms with E-state index < -0.39 is 76.3 Å². The topological polar surface area (TPSA) is 444 Å². The Morgan fingerprint density at radius 2 is 0.729 bits per heavy atom. The second-order valence-electron chi connectivity index (χ2n) is 44.7. The fourth-order valence-electron chi connectivity index (χ4n) is 21.4. The second kappa shape index (κ2) is 42.5. The zero-order valence-corrected chi connectivity index (χ0v) is 88.6. The standard InChI is InChI=1S/C26H35N5O4S2.2C26H35N5O3S.C24H29F4N5O3S/c1-15-13-20(30-26(2,3)4)27-14-19(15)22-21(25(33)31-17-5-6-18(31)8-7-17)29-24(36-22)23(32)28-16-9-11-37(34,35)12-10-16;1-14-11-20(30-26(2,3)4)27-13-19(14)22-21(25(34)31-16-6-7-17(31)9-8-16)29-24(35-22)23(33)28-15-5-10-18(32)12-15;1-14-12-20(30-26(2,3)4)27-13-17(14)22-21(25(34)31-15-8-9-16(31)11-10-15)29-24(35-22)23(33)28-18-6-5-7-19(18)32;1-11-8-24(27,28)10-33(11)22(36)17-18(37-21(31-17)20(35)30-12-5-13(34)6-12)15-9-29-16(32-23(2,3)4)7-14(15)19(25)26/h13-14,16-18H,5-12H2,1-4H3,(H,27,30)(H,28,32);11,13,15-18,32H,5-10,12H2,1-4H3,(H,27,30)(H,28,33);12-13,15-16,18-19,32H,5-11H2,1-4H3,(H,27,30)(H,28,33);7,9,11-13,19,34H,5-6,8,10H2,1-4H3,(H,29,32)(H,30,35)/t;15-,16?,17?,18-;15?,16?,18-,19-;11-,12?,13?/m.110/s1. The van der Waals surface area contributed by atoms with Crippen molar-refractivity contribution >= 4 is 126 Å². The van der Waals surface area contributed by atoms with Gasteiger partial charge in [-0.25, -0.2) is 65.9 Å². The molecule has 0 aromatic carbocycles. The van der Waals surface area contributed by atoms with Gasteiger partial charge in [-0.15, -0.1) is 45.3 Å². The molecule has 0 radical (unpaired) electrons. The van der Waals surface area contributed by atoms with Gasteiger partial charge < -0.3 is 77.5 Å². The van der Waals surface area contributed by atoms with Gasteiger partial charge in [0, 0.05) is 142 Å². The van der Waals surface area contributed by atoms with E-state index in [0.717, 1.165) is 163 Å². The molecule has 3 aliphatic carbocycles. The summed E-state index contributed by atoms with van der Waals surface area (Å²) >= 11 is 4.42. The maximum atomic E-state index is 14.2. The summed E-state index contributed by atoms with van der Waals surface area (Å²) in [5.41, 5.74) is 4.55. The highest BCUT2D eigenvalue weighted by molar-refractivity contribution is 7.91. The molecular formula is C102H134F4N20O13S5. The van der Waals surface area contributed by atoms with Crippen LogP contribution in [0.15, 0.2) is 49.1 Å². The summed E-state index contributed by atoms with van der Waals surface area (Å²) in [7, 11) is -3.03. The monoisotopic (exact) mass is 2080 g/mol. The first-order valence-corrected chi connectivity index (χ1v) is 55.3. The number of thiazole rings is 4. The lowest BCUT2D eigenvalue weighted by Gasteiger charge is -2.31. The molecule has 19 rings (SSSR count). The molecule has 8 aromatic rings. The quantitative estimate of drug-likeness (QED) is 0.0298. The van der Waals surface area contributed by atoms with E-state index in [1.54, 1.807) is 18.6 Å². The number of carbonyl (C=O) groups is 8. The Morgan fingerprint density at radius 1 is 0.410 bits per heavy atom. The first-order chi connectivity index (χ1) is 67.7. The highest BCUT2D eigenvalue weighted by Crippen LogP contribution is 2.48. The summed E-state index contributed by atoms with van der Waals surface area (Å²) in [6, 6.07) is 7.00. The van der Waals surface area contributed by atoms with Crippen molar-refractivity contribution in [2.24, 2.45) is 0 Å². The number of nitrogens with zero attached hydrogens (tertiary/aromatic N) is 12. The number of rotatable bonds is 21. The van der Waals surface area contributed by atoms with Crippen LogP contribution in [0.1, 0.15) is 348 Å². The summed E-state index contributed by atoms with van der Waals surface area (Å²) in [6.07, 6.45) is 19.8. The number of fused-ring (bicyclic) bond motifs is 6. The van der Waals surface area contributed by atoms with Gasteiger partial charge >= 0.3 is 0 Å². The molecule has 33 nitrogen and oxygen atoms in total. The average molecular weight is 2080 g/mol. The number of aryl methyl sites for hydroxylation is 3. The number of anilines is 4. The van der Waals surface area contributed by atoms with Gasteiger partial charge in [-0.3, -0.25) is 38.4 Å². The van der Waals surface area contributed by atoms with Crippen molar-refractivity contribution in [3.8, 4) is 41.8 Å². The number of hydrogen-bond acceptors (Lipinski definition) is 29. The molecule has 0 spiro atoms. The molecule has 8 aliphatic heterocycles. The third-order valence-corrected chi connectivity index (χ3v) is 34.4. The lowest BCUT2D eigenvalue weighted by atomic mass is 9.89. The zero-order chi connectivity index (χ0) is 104. The molecular weight excluding hydrogens is 1950 g/mol. The van der Waals surface area contributed by atoms with Crippen LogP contribution in [0.2, 0.25) is 0 Å². The minimum Gasteiger partial charge on any atom is -0.393 e. The number of aliphatic hydroxyl groups is 3. The zero-order valence-electron chi connectivity index (χ0n) is 84.5. The maximum absolute atomic E-state index is 14.2. The van der Waals surface area contributed by atoms with E-state index in [0.29, 0.717) is 76.7 Å². The van der Waals surface area contributed by atoms with E-state index in [2.05, 4.69) is 145 Å². The molecule has 11 N–H and O–H groups in total. The van der Waals surface area contributed by atoms with Crippen molar-refractivity contribution in [3.63, 3.8) is 0 Å². The molecule has 42 heteroatoms. The van der Waals surface area contributed by atoms with Crippen molar-refractivity contribution in [2.45, 2.75) is 378 Å². The lowest BCUT2D eigenvalue weighted by Crippen LogP contribution is -2.46. The van der Waals surface area contributed by atoms with Gasteiger partial charge in [-0.05, 0) is 293 Å². The highest BCUT2D eigenvalue weighted by atomic mass is 32.2. The van der Waals surface area contributed by atoms with Crippen LogP contribution in [0.5, 0.6) is 0 Å². The molecule has 11 aliphatic rings. The summed E-state index contributed by atoms with van der Waals surface area (Å²) in [4.78, 5) is 152. The van der Waals surface area contributed by atoms with Crippen molar-refractivity contribution in [2.75, 3.05) is 39.3 Å². The van der Waals surface area contributed by atoms with E-state index in [9.17, 15) is 79.7 Å². The average Bonchev–Trinajstić information content (AvgIpc) is 1.62. The Bertz CT molecular complexity index is 6220. The van der Waals surface area contributed by atoms with Gasteiger partial charge in [-0.2, -0.15) is 0 Å². The number of hydrogen-bond donors (Lipinski definition) is 11. The van der Waals surface area contributed by atoms with Gasteiger partial charge in [0.05, 0.1) is 61.9 Å². The van der Waals surface area contributed by atoms with Gasteiger partial charge in [0.15, 0.2) is 20.0 Å². The predicted octanol–water partition coefficient (Wildman–Crippen LogP) is 16.5. The highest BCUT2D eigenvalue weighted by Gasteiger charge is 2.51. The minimum atomic E-state index is -3.09. The molecule has 8 saturated heterocycles. The lowest BCUT2D eigenvalue weighted by molar-refractivity contribution is 0.0117. The van der Waals surface area contributed by atoms with Crippen LogP contribution < -0.4 is 42.5 Å². The molecule has 144 heavy (non-hydrogen) atoms. The van der Waals surface area contributed by atoms with Crippen LogP contribution in [0.4, 0.5) is 40.8 Å². The SMILES string of the molecule is C[C@H]1CC(F)(F)CN1C(=O)c1nc(C(=O)NC2CC(O)C2)sc1-c1cnc(NC(C)(C)C)cc1C(F)F.Cc1cc(NC(C)(C)C)ncc1-c1sc(C(=O)NC2CCS(=O)(=O)CC2)nc1C(=O)N1C2CCC1CC2.Cc1cc(NC(C)(C)C)ncc1-c1sc(C(=O)N[C@@H]2CCC[C@H]2O)nc1C(=O)N1C2CCC1CC2.Cc1cc(NC(C)(C)C)ncc1-c1sc(C(=O)N[C@@H]2CC[C@@H](O)C2)nc1C(=O)N1C2CCC1CC2. The number of likely N-dealkylation sites (tertiary alicyclic amines) is 1. The van der Waals surface area contributed by atoms with E-state index in [1.807, 2.05) is 74.4 Å². The van der Waals surface area contributed by atoms with E-state index in [-0.39, 0.29) is 172 Å². The van der Waals surface area contributed by atoms with E-state index in [4.69, 9.17) is 0 Å². The molecule has 8 amide bonds. The fourth-order valence-corrected chi connectivity index (χ4v) is 27.0.